The van der Waals surface area contributed by atoms with Crippen LogP contribution < -0.4 is 9.64 Å². The van der Waals surface area contributed by atoms with E-state index in [1.54, 1.807) is 18.4 Å². The molecule has 1 aliphatic carbocycles. The van der Waals surface area contributed by atoms with Gasteiger partial charge >= 0.3 is 0 Å². The molecule has 0 amide bonds. The highest BCUT2D eigenvalue weighted by atomic mass is 32.1. The molecule has 5 rings (SSSR count). The van der Waals surface area contributed by atoms with Crippen LogP contribution in [0.25, 0.3) is 11.3 Å². The SMILES string of the molecule is COc1ccc(-c2cn([C@@H]3C[C@@H]4CN(c5nnc(C)s5)C[C@@H]4C[C@H]3O)nn2)cc1. The molecule has 1 saturated carbocycles. The fourth-order valence-corrected chi connectivity index (χ4v) is 5.30. The third kappa shape index (κ3) is 3.49. The van der Waals surface area contributed by atoms with E-state index in [1.807, 2.05) is 42.1 Å². The molecule has 0 unspecified atom stereocenters. The van der Waals surface area contributed by atoms with Gasteiger partial charge in [-0.2, -0.15) is 0 Å². The maximum atomic E-state index is 10.8. The molecule has 1 aliphatic heterocycles. The van der Waals surface area contributed by atoms with Crippen molar-refractivity contribution in [3.63, 3.8) is 0 Å². The Hall–Kier alpha value is -2.52. The molecule has 2 fully saturated rings. The number of aliphatic hydroxyl groups is 1. The Morgan fingerprint density at radius 1 is 1.07 bits per heavy atom. The van der Waals surface area contributed by atoms with Crippen LogP contribution in [-0.2, 0) is 0 Å². The Morgan fingerprint density at radius 2 is 1.83 bits per heavy atom. The summed E-state index contributed by atoms with van der Waals surface area (Å²) in [6.07, 6.45) is 3.20. The molecular formula is C20H24N6O2S. The largest absolute Gasteiger partial charge is 0.497 e. The van der Waals surface area contributed by atoms with Gasteiger partial charge in [-0.3, -0.25) is 0 Å². The number of hydrogen-bond acceptors (Lipinski definition) is 8. The first-order chi connectivity index (χ1) is 14.1. The fourth-order valence-electron chi connectivity index (χ4n) is 4.59. The number of benzene rings is 1. The van der Waals surface area contributed by atoms with Crippen LogP contribution in [0.4, 0.5) is 5.13 Å². The Balaban J connectivity index is 1.31. The lowest BCUT2D eigenvalue weighted by Crippen LogP contribution is -2.36. The van der Waals surface area contributed by atoms with Gasteiger partial charge in [-0.05, 0) is 55.9 Å². The Labute approximate surface area is 173 Å². The molecule has 1 aromatic carbocycles. The molecule has 4 atom stereocenters. The molecule has 152 valence electrons. The number of rotatable bonds is 4. The zero-order chi connectivity index (χ0) is 20.0. The number of ether oxygens (including phenoxy) is 1. The number of methoxy groups -OCH3 is 1. The van der Waals surface area contributed by atoms with Crippen molar-refractivity contribution in [2.75, 3.05) is 25.1 Å². The number of nitrogens with zero attached hydrogens (tertiary/aromatic N) is 6. The summed E-state index contributed by atoms with van der Waals surface area (Å²) in [6.45, 7) is 3.88. The fraction of sp³-hybridized carbons (Fsp3) is 0.500. The molecule has 0 radical (unpaired) electrons. The van der Waals surface area contributed by atoms with Gasteiger partial charge in [-0.25, -0.2) is 4.68 Å². The summed E-state index contributed by atoms with van der Waals surface area (Å²) in [4.78, 5) is 2.32. The van der Waals surface area contributed by atoms with Gasteiger partial charge in [0.05, 0.1) is 25.5 Å². The third-order valence-electron chi connectivity index (χ3n) is 6.13. The number of anilines is 1. The van der Waals surface area contributed by atoms with Crippen molar-refractivity contribution in [3.8, 4) is 17.0 Å². The van der Waals surface area contributed by atoms with Crippen LogP contribution in [0.1, 0.15) is 23.9 Å². The van der Waals surface area contributed by atoms with E-state index in [9.17, 15) is 5.11 Å². The van der Waals surface area contributed by atoms with E-state index in [4.69, 9.17) is 4.74 Å². The van der Waals surface area contributed by atoms with Crippen LogP contribution in [0.2, 0.25) is 0 Å². The summed E-state index contributed by atoms with van der Waals surface area (Å²) >= 11 is 1.64. The average molecular weight is 413 g/mol. The van der Waals surface area contributed by atoms with Gasteiger partial charge in [0.15, 0.2) is 0 Å². The van der Waals surface area contributed by atoms with Crippen molar-refractivity contribution in [2.24, 2.45) is 11.8 Å². The Kier molecular flexibility index (Phi) is 4.71. The first-order valence-corrected chi connectivity index (χ1v) is 10.7. The van der Waals surface area contributed by atoms with E-state index in [0.717, 1.165) is 53.1 Å². The van der Waals surface area contributed by atoms with Crippen molar-refractivity contribution in [2.45, 2.75) is 31.9 Å². The van der Waals surface area contributed by atoms with Crippen LogP contribution in [0, 0.1) is 18.8 Å². The maximum Gasteiger partial charge on any atom is 0.208 e. The average Bonchev–Trinajstić information content (AvgIpc) is 3.46. The molecule has 2 aliphatic rings. The minimum Gasteiger partial charge on any atom is -0.497 e. The van der Waals surface area contributed by atoms with E-state index >= 15 is 0 Å². The third-order valence-corrected chi connectivity index (χ3v) is 7.03. The quantitative estimate of drug-likeness (QED) is 0.704. The van der Waals surface area contributed by atoms with E-state index < -0.39 is 6.10 Å². The standard InChI is InChI=1S/C20H24N6O2S/c1-12-21-23-20(29-12)25-9-14-7-18(19(27)8-15(14)10-25)26-11-17(22-24-26)13-3-5-16(28-2)6-4-13/h3-6,11,14-15,18-19,27H,7-10H2,1-2H3/t14-,15+,18-,19-/m1/s1. The van der Waals surface area contributed by atoms with Gasteiger partial charge in [0.2, 0.25) is 5.13 Å². The van der Waals surface area contributed by atoms with Crippen LogP contribution in [-0.4, -0.2) is 56.6 Å². The molecule has 3 heterocycles. The van der Waals surface area contributed by atoms with Crippen LogP contribution in [0.3, 0.4) is 0 Å². The second kappa shape index (κ2) is 7.38. The van der Waals surface area contributed by atoms with Gasteiger partial charge in [0.1, 0.15) is 16.5 Å². The Morgan fingerprint density at radius 3 is 2.52 bits per heavy atom. The lowest BCUT2D eigenvalue weighted by Gasteiger charge is -2.34. The molecule has 0 spiro atoms. The first kappa shape index (κ1) is 18.5. The lowest BCUT2D eigenvalue weighted by molar-refractivity contribution is 0.0299. The highest BCUT2D eigenvalue weighted by molar-refractivity contribution is 7.15. The van der Waals surface area contributed by atoms with Gasteiger partial charge in [0, 0.05) is 18.7 Å². The second-order valence-electron chi connectivity index (χ2n) is 7.95. The van der Waals surface area contributed by atoms with Crippen LogP contribution in [0.5, 0.6) is 5.75 Å². The van der Waals surface area contributed by atoms with Crippen molar-refractivity contribution >= 4 is 16.5 Å². The summed E-state index contributed by atoms with van der Waals surface area (Å²) in [7, 11) is 1.65. The van der Waals surface area contributed by atoms with E-state index in [-0.39, 0.29) is 6.04 Å². The van der Waals surface area contributed by atoms with Gasteiger partial charge in [-0.1, -0.05) is 16.6 Å². The van der Waals surface area contributed by atoms with E-state index in [1.165, 1.54) is 0 Å². The number of aliphatic hydroxyl groups excluding tert-OH is 1. The molecule has 8 nitrogen and oxygen atoms in total. The number of fused-ring (bicyclic) bond motifs is 1. The molecule has 29 heavy (non-hydrogen) atoms. The number of aryl methyl sites for hydroxylation is 1. The molecular weight excluding hydrogens is 388 g/mol. The Bertz CT molecular complexity index is 987. The molecule has 2 aromatic heterocycles. The van der Waals surface area contributed by atoms with E-state index in [0.29, 0.717) is 11.8 Å². The lowest BCUT2D eigenvalue weighted by atomic mass is 9.77. The van der Waals surface area contributed by atoms with Crippen LogP contribution in [0.15, 0.2) is 30.5 Å². The normalized spacial score (nSPS) is 26.5. The van der Waals surface area contributed by atoms with Crippen LogP contribution >= 0.6 is 11.3 Å². The summed E-state index contributed by atoms with van der Waals surface area (Å²) < 4.78 is 7.06. The summed E-state index contributed by atoms with van der Waals surface area (Å²) in [5, 5.41) is 29.9. The van der Waals surface area contributed by atoms with Gasteiger partial charge < -0.3 is 14.7 Å². The molecule has 3 aromatic rings. The number of aromatic nitrogens is 5. The van der Waals surface area contributed by atoms with Crippen molar-refractivity contribution in [1.82, 2.24) is 25.2 Å². The summed E-state index contributed by atoms with van der Waals surface area (Å²) in [5.41, 5.74) is 1.79. The topological polar surface area (TPSA) is 89.2 Å². The highest BCUT2D eigenvalue weighted by Gasteiger charge is 2.43. The molecule has 9 heteroatoms. The predicted octanol–water partition coefficient (Wildman–Crippen LogP) is 2.56. The minimum absolute atomic E-state index is 0.0492. The van der Waals surface area contributed by atoms with Crippen molar-refractivity contribution in [3.05, 3.63) is 35.5 Å². The zero-order valence-corrected chi connectivity index (χ0v) is 17.3. The second-order valence-corrected chi connectivity index (χ2v) is 9.11. The zero-order valence-electron chi connectivity index (χ0n) is 16.5. The molecule has 1 N–H and O–H groups in total. The minimum atomic E-state index is -0.419. The maximum absolute atomic E-state index is 10.8. The summed E-state index contributed by atoms with van der Waals surface area (Å²) in [6, 6.07) is 7.72. The monoisotopic (exact) mass is 412 g/mol. The summed E-state index contributed by atoms with van der Waals surface area (Å²) in [5.74, 6) is 1.81. The van der Waals surface area contributed by atoms with E-state index in [2.05, 4.69) is 25.4 Å². The number of hydrogen-bond donors (Lipinski definition) is 1. The predicted molar refractivity (Wildman–Crippen MR) is 110 cm³/mol. The molecule has 1 saturated heterocycles. The van der Waals surface area contributed by atoms with Crippen molar-refractivity contribution < 1.29 is 9.84 Å². The van der Waals surface area contributed by atoms with Crippen molar-refractivity contribution in [1.29, 1.82) is 0 Å². The molecule has 0 bridgehead atoms. The first-order valence-electron chi connectivity index (χ1n) is 9.90. The van der Waals surface area contributed by atoms with Gasteiger partial charge in [0.25, 0.3) is 0 Å². The van der Waals surface area contributed by atoms with Gasteiger partial charge in [-0.15, -0.1) is 15.3 Å². The smallest absolute Gasteiger partial charge is 0.208 e. The highest BCUT2D eigenvalue weighted by Crippen LogP contribution is 2.43.